The van der Waals surface area contributed by atoms with Gasteiger partial charge in [0.1, 0.15) is 0 Å². The maximum Gasteiger partial charge on any atom is 0.0482 e. The summed E-state index contributed by atoms with van der Waals surface area (Å²) < 4.78 is 2.48. The molecule has 0 saturated heterocycles. The molecule has 0 bridgehead atoms. The summed E-state index contributed by atoms with van der Waals surface area (Å²) in [6.45, 7) is 4.56. The zero-order valence-electron chi connectivity index (χ0n) is 11.0. The minimum atomic E-state index is 0.680. The molecule has 0 aliphatic carbocycles. The number of aromatic nitrogens is 1. The van der Waals surface area contributed by atoms with Crippen LogP contribution in [0.1, 0.15) is 52.0 Å². The van der Waals surface area contributed by atoms with Crippen molar-refractivity contribution in [1.82, 2.24) is 4.57 Å². The number of fused-ring (bicyclic) bond motifs is 1. The predicted octanol–water partition coefficient (Wildman–Crippen LogP) is 5.17. The van der Waals surface area contributed by atoms with Gasteiger partial charge in [-0.15, -0.1) is 0 Å². The van der Waals surface area contributed by atoms with Gasteiger partial charge in [0.25, 0.3) is 0 Å². The summed E-state index contributed by atoms with van der Waals surface area (Å²) in [7, 11) is 0. The van der Waals surface area contributed by atoms with Crippen molar-refractivity contribution in [2.24, 2.45) is 0 Å². The van der Waals surface area contributed by atoms with Crippen LogP contribution >= 0.6 is 0 Å². The van der Waals surface area contributed by atoms with Gasteiger partial charge in [-0.05, 0) is 30.4 Å². The fraction of sp³-hybridized carbons (Fsp3) is 0.500. The number of para-hydroxylation sites is 1. The van der Waals surface area contributed by atoms with Crippen LogP contribution in [0, 0.1) is 0 Å². The highest BCUT2D eigenvalue weighted by molar-refractivity contribution is 5.80. The summed E-state index contributed by atoms with van der Waals surface area (Å²) >= 11 is 0. The molecule has 1 atom stereocenters. The lowest BCUT2D eigenvalue weighted by Gasteiger charge is -2.19. The molecule has 17 heavy (non-hydrogen) atoms. The highest BCUT2D eigenvalue weighted by Gasteiger charge is 2.11. The fourth-order valence-electron chi connectivity index (χ4n) is 2.62. The van der Waals surface area contributed by atoms with E-state index in [0.29, 0.717) is 6.04 Å². The topological polar surface area (TPSA) is 4.93 Å². The number of nitrogens with zero attached hydrogens (tertiary/aromatic N) is 1. The van der Waals surface area contributed by atoms with E-state index in [2.05, 4.69) is 54.9 Å². The van der Waals surface area contributed by atoms with Crippen LogP contribution in [-0.4, -0.2) is 4.57 Å². The van der Waals surface area contributed by atoms with E-state index in [1.54, 1.807) is 0 Å². The molecule has 0 amide bonds. The van der Waals surface area contributed by atoms with Crippen LogP contribution in [0.2, 0.25) is 0 Å². The summed E-state index contributed by atoms with van der Waals surface area (Å²) in [5.74, 6) is 0. The van der Waals surface area contributed by atoms with Crippen molar-refractivity contribution in [3.63, 3.8) is 0 Å². The molecule has 0 aliphatic rings. The molecule has 92 valence electrons. The van der Waals surface area contributed by atoms with E-state index < -0.39 is 0 Å². The van der Waals surface area contributed by atoms with Crippen molar-refractivity contribution in [1.29, 1.82) is 0 Å². The number of hydrogen-bond acceptors (Lipinski definition) is 0. The van der Waals surface area contributed by atoms with E-state index in [4.69, 9.17) is 0 Å². The second-order valence-corrected chi connectivity index (χ2v) is 4.87. The highest BCUT2D eigenvalue weighted by Crippen LogP contribution is 2.26. The molecular weight excluding hydrogens is 206 g/mol. The molecule has 0 radical (unpaired) electrons. The van der Waals surface area contributed by atoms with Gasteiger partial charge >= 0.3 is 0 Å². The minimum absolute atomic E-state index is 0.680. The Labute approximate surface area is 104 Å². The Bertz CT molecular complexity index is 455. The van der Waals surface area contributed by atoms with Gasteiger partial charge in [-0.1, -0.05) is 51.3 Å². The van der Waals surface area contributed by atoms with Gasteiger partial charge in [0.05, 0.1) is 0 Å². The third-order valence-electron chi connectivity index (χ3n) is 3.54. The van der Waals surface area contributed by atoms with Gasteiger partial charge < -0.3 is 4.57 Å². The quantitative estimate of drug-likeness (QED) is 0.643. The minimum Gasteiger partial charge on any atom is -0.344 e. The molecule has 2 rings (SSSR count). The van der Waals surface area contributed by atoms with Crippen LogP contribution in [-0.2, 0) is 0 Å². The third-order valence-corrected chi connectivity index (χ3v) is 3.54. The first-order valence-corrected chi connectivity index (χ1v) is 6.92. The number of rotatable bonds is 6. The second kappa shape index (κ2) is 5.90. The second-order valence-electron chi connectivity index (χ2n) is 4.87. The lowest BCUT2D eigenvalue weighted by Crippen LogP contribution is -2.07. The van der Waals surface area contributed by atoms with Gasteiger partial charge in [-0.25, -0.2) is 0 Å². The molecular formula is C16H23N. The van der Waals surface area contributed by atoms with Crippen LogP contribution in [0.3, 0.4) is 0 Å². The zero-order valence-corrected chi connectivity index (χ0v) is 11.0. The molecule has 1 nitrogen and oxygen atoms in total. The summed E-state index contributed by atoms with van der Waals surface area (Å²) in [4.78, 5) is 0. The number of benzene rings is 1. The fourth-order valence-corrected chi connectivity index (χ4v) is 2.62. The van der Waals surface area contributed by atoms with Gasteiger partial charge in [0.2, 0.25) is 0 Å². The van der Waals surface area contributed by atoms with Gasteiger partial charge in [0.15, 0.2) is 0 Å². The first-order valence-electron chi connectivity index (χ1n) is 6.92. The molecule has 0 aliphatic heterocycles. The maximum atomic E-state index is 2.48. The van der Waals surface area contributed by atoms with Crippen molar-refractivity contribution in [3.8, 4) is 0 Å². The molecule has 1 unspecified atom stereocenters. The molecule has 0 fully saturated rings. The Morgan fingerprint density at radius 2 is 1.82 bits per heavy atom. The Hall–Kier alpha value is -1.24. The molecule has 0 saturated carbocycles. The van der Waals surface area contributed by atoms with Crippen LogP contribution in [0.5, 0.6) is 0 Å². The molecule has 1 aromatic heterocycles. The van der Waals surface area contributed by atoms with Gasteiger partial charge in [-0.2, -0.15) is 0 Å². The van der Waals surface area contributed by atoms with Gasteiger partial charge in [0, 0.05) is 17.8 Å². The monoisotopic (exact) mass is 229 g/mol. The van der Waals surface area contributed by atoms with Crippen molar-refractivity contribution in [2.75, 3.05) is 0 Å². The Morgan fingerprint density at radius 3 is 2.59 bits per heavy atom. The van der Waals surface area contributed by atoms with Crippen molar-refractivity contribution in [2.45, 2.75) is 52.0 Å². The van der Waals surface area contributed by atoms with Crippen molar-refractivity contribution >= 4 is 10.9 Å². The van der Waals surface area contributed by atoms with Crippen LogP contribution in [0.4, 0.5) is 0 Å². The SMILES string of the molecule is CCCCC(CCC)n1ccc2ccccc21. The third kappa shape index (κ3) is 2.71. The molecule has 2 aromatic rings. The maximum absolute atomic E-state index is 2.48. The molecule has 1 heterocycles. The summed E-state index contributed by atoms with van der Waals surface area (Å²) in [5, 5.41) is 1.37. The standard InChI is InChI=1S/C16H23N/c1-3-5-10-15(8-4-2)17-13-12-14-9-6-7-11-16(14)17/h6-7,9,11-13,15H,3-5,8,10H2,1-2H3. The smallest absolute Gasteiger partial charge is 0.0482 e. The Balaban J connectivity index is 2.27. The molecule has 0 N–H and O–H groups in total. The molecule has 0 spiro atoms. The normalized spacial score (nSPS) is 13.1. The van der Waals surface area contributed by atoms with E-state index in [-0.39, 0.29) is 0 Å². The van der Waals surface area contributed by atoms with Gasteiger partial charge in [-0.3, -0.25) is 0 Å². The summed E-state index contributed by atoms with van der Waals surface area (Å²) in [5.41, 5.74) is 1.39. The molecule has 1 heteroatoms. The number of unbranched alkanes of at least 4 members (excludes halogenated alkanes) is 1. The van der Waals surface area contributed by atoms with E-state index in [1.807, 2.05) is 0 Å². The lowest BCUT2D eigenvalue weighted by molar-refractivity contribution is 0.428. The van der Waals surface area contributed by atoms with Crippen LogP contribution in [0.25, 0.3) is 10.9 Å². The van der Waals surface area contributed by atoms with E-state index in [1.165, 1.54) is 43.0 Å². The van der Waals surface area contributed by atoms with E-state index >= 15 is 0 Å². The van der Waals surface area contributed by atoms with E-state index in [0.717, 1.165) is 0 Å². The first kappa shape index (κ1) is 12.2. The Kier molecular flexibility index (Phi) is 4.24. The summed E-state index contributed by atoms with van der Waals surface area (Å²) in [6.07, 6.45) is 8.75. The average Bonchev–Trinajstić information content (AvgIpc) is 2.78. The van der Waals surface area contributed by atoms with E-state index in [9.17, 15) is 0 Å². The van der Waals surface area contributed by atoms with Crippen LogP contribution in [0.15, 0.2) is 36.5 Å². The highest BCUT2D eigenvalue weighted by atomic mass is 15.0. The largest absolute Gasteiger partial charge is 0.344 e. The first-order chi connectivity index (χ1) is 8.36. The summed E-state index contributed by atoms with van der Waals surface area (Å²) in [6, 6.07) is 11.6. The zero-order chi connectivity index (χ0) is 12.1. The Morgan fingerprint density at radius 1 is 1.00 bits per heavy atom. The number of hydrogen-bond donors (Lipinski definition) is 0. The van der Waals surface area contributed by atoms with Crippen LogP contribution < -0.4 is 0 Å². The lowest BCUT2D eigenvalue weighted by atomic mass is 10.0. The van der Waals surface area contributed by atoms with Crippen molar-refractivity contribution < 1.29 is 0 Å². The predicted molar refractivity (Wildman–Crippen MR) is 75.4 cm³/mol. The molecule has 1 aromatic carbocycles. The van der Waals surface area contributed by atoms with Crippen molar-refractivity contribution in [3.05, 3.63) is 36.5 Å². The average molecular weight is 229 g/mol.